The molecule has 0 unspecified atom stereocenters. The number of carbonyl (C=O) groups is 1. The van der Waals surface area contributed by atoms with Gasteiger partial charge in [0.05, 0.1) is 7.11 Å². The van der Waals surface area contributed by atoms with Gasteiger partial charge in [0.2, 0.25) is 0 Å². The average molecular weight is 369 g/mol. The van der Waals surface area contributed by atoms with E-state index in [-0.39, 0.29) is 0 Å². The minimum atomic E-state index is -0.464. The van der Waals surface area contributed by atoms with Gasteiger partial charge >= 0.3 is 5.97 Å². The van der Waals surface area contributed by atoms with Crippen molar-refractivity contribution in [2.75, 3.05) is 7.11 Å². The SMILES string of the molecule is COC(=O)c1ccc(Cl)cc1Oc1cccc2sc3ccccc3c12. The number of benzene rings is 3. The summed E-state index contributed by atoms with van der Waals surface area (Å²) in [4.78, 5) is 12.0. The molecule has 4 rings (SSSR count). The average Bonchev–Trinajstić information content (AvgIpc) is 3.01. The molecule has 0 N–H and O–H groups in total. The Kier molecular flexibility index (Phi) is 4.07. The Morgan fingerprint density at radius 3 is 2.60 bits per heavy atom. The fourth-order valence-electron chi connectivity index (χ4n) is 2.80. The van der Waals surface area contributed by atoms with E-state index in [0.717, 1.165) is 15.5 Å². The number of rotatable bonds is 3. The molecule has 0 spiro atoms. The molecule has 0 fully saturated rings. The summed E-state index contributed by atoms with van der Waals surface area (Å²) >= 11 is 7.80. The van der Waals surface area contributed by atoms with Crippen molar-refractivity contribution >= 4 is 49.1 Å². The zero-order chi connectivity index (χ0) is 17.4. The normalized spacial score (nSPS) is 11.0. The van der Waals surface area contributed by atoms with Crippen LogP contribution in [0.1, 0.15) is 10.4 Å². The highest BCUT2D eigenvalue weighted by molar-refractivity contribution is 7.25. The van der Waals surface area contributed by atoms with Crippen molar-refractivity contribution in [2.45, 2.75) is 0 Å². The van der Waals surface area contributed by atoms with E-state index in [0.29, 0.717) is 22.1 Å². The van der Waals surface area contributed by atoms with Gasteiger partial charge in [-0.2, -0.15) is 0 Å². The molecule has 1 aromatic heterocycles. The Morgan fingerprint density at radius 2 is 1.76 bits per heavy atom. The summed E-state index contributed by atoms with van der Waals surface area (Å²) in [7, 11) is 1.34. The molecule has 124 valence electrons. The van der Waals surface area contributed by atoms with Crippen LogP contribution < -0.4 is 4.74 Å². The molecule has 4 aromatic rings. The molecule has 5 heteroatoms. The second-order valence-corrected chi connectivity index (χ2v) is 6.98. The highest BCUT2D eigenvalue weighted by Gasteiger charge is 2.17. The molecule has 3 aromatic carbocycles. The van der Waals surface area contributed by atoms with Gasteiger partial charge in [0.15, 0.2) is 0 Å². The molecule has 0 amide bonds. The minimum Gasteiger partial charge on any atom is -0.465 e. The number of ether oxygens (including phenoxy) is 2. The number of halogens is 1. The maximum absolute atomic E-state index is 12.0. The van der Waals surface area contributed by atoms with Crippen LogP contribution in [0.25, 0.3) is 20.2 Å². The molecule has 0 aliphatic rings. The first kappa shape index (κ1) is 15.9. The number of fused-ring (bicyclic) bond motifs is 3. The Hall–Kier alpha value is -2.56. The monoisotopic (exact) mass is 368 g/mol. The quantitative estimate of drug-likeness (QED) is 0.399. The van der Waals surface area contributed by atoms with Gasteiger partial charge < -0.3 is 9.47 Å². The van der Waals surface area contributed by atoms with Crippen LogP contribution in [0.2, 0.25) is 5.02 Å². The van der Waals surface area contributed by atoms with Crippen molar-refractivity contribution in [2.24, 2.45) is 0 Å². The lowest BCUT2D eigenvalue weighted by Gasteiger charge is -2.11. The zero-order valence-corrected chi connectivity index (χ0v) is 14.9. The molecule has 3 nitrogen and oxygen atoms in total. The largest absolute Gasteiger partial charge is 0.465 e. The third-order valence-corrected chi connectivity index (χ3v) is 5.30. The van der Waals surface area contributed by atoms with Crippen molar-refractivity contribution in [3.8, 4) is 11.5 Å². The van der Waals surface area contributed by atoms with Gasteiger partial charge in [0, 0.05) is 31.3 Å². The predicted molar refractivity (Wildman–Crippen MR) is 102 cm³/mol. The lowest BCUT2D eigenvalue weighted by molar-refractivity contribution is 0.0598. The number of methoxy groups -OCH3 is 1. The number of hydrogen-bond donors (Lipinski definition) is 0. The van der Waals surface area contributed by atoms with Crippen molar-refractivity contribution in [1.82, 2.24) is 0 Å². The second kappa shape index (κ2) is 6.39. The molecule has 0 saturated carbocycles. The summed E-state index contributed by atoms with van der Waals surface area (Å²) in [6.45, 7) is 0. The van der Waals surface area contributed by atoms with Gasteiger partial charge in [0.25, 0.3) is 0 Å². The first-order valence-corrected chi connectivity index (χ1v) is 8.83. The highest BCUT2D eigenvalue weighted by Crippen LogP contribution is 2.41. The molecule has 0 saturated heterocycles. The van der Waals surface area contributed by atoms with E-state index in [1.807, 2.05) is 24.3 Å². The van der Waals surface area contributed by atoms with Gasteiger partial charge in [-0.15, -0.1) is 11.3 Å². The van der Waals surface area contributed by atoms with Crippen LogP contribution in [0.4, 0.5) is 0 Å². The molecule has 0 aliphatic carbocycles. The highest BCUT2D eigenvalue weighted by atomic mass is 35.5. The first-order valence-electron chi connectivity index (χ1n) is 7.63. The van der Waals surface area contributed by atoms with Gasteiger partial charge in [-0.1, -0.05) is 35.9 Å². The Balaban J connectivity index is 1.90. The van der Waals surface area contributed by atoms with E-state index >= 15 is 0 Å². The third-order valence-electron chi connectivity index (χ3n) is 3.93. The van der Waals surface area contributed by atoms with Crippen LogP contribution in [0.3, 0.4) is 0 Å². The number of esters is 1. The van der Waals surface area contributed by atoms with Gasteiger partial charge in [-0.25, -0.2) is 4.79 Å². The molecule has 0 atom stereocenters. The Morgan fingerprint density at radius 1 is 0.960 bits per heavy atom. The first-order chi connectivity index (χ1) is 12.2. The molecule has 0 radical (unpaired) electrons. The molecule has 25 heavy (non-hydrogen) atoms. The molecule has 0 aliphatic heterocycles. The van der Waals surface area contributed by atoms with E-state index in [4.69, 9.17) is 21.1 Å². The van der Waals surface area contributed by atoms with E-state index in [1.165, 1.54) is 11.8 Å². The van der Waals surface area contributed by atoms with Crippen molar-refractivity contribution in [1.29, 1.82) is 0 Å². The maximum atomic E-state index is 12.0. The van der Waals surface area contributed by atoms with Crippen LogP contribution in [0.5, 0.6) is 11.5 Å². The van der Waals surface area contributed by atoms with Crippen molar-refractivity contribution < 1.29 is 14.3 Å². The van der Waals surface area contributed by atoms with E-state index in [1.54, 1.807) is 29.5 Å². The minimum absolute atomic E-state index is 0.337. The van der Waals surface area contributed by atoms with Crippen LogP contribution >= 0.6 is 22.9 Å². The predicted octanol–water partition coefficient (Wildman–Crippen LogP) is 6.29. The summed E-state index contributed by atoms with van der Waals surface area (Å²) in [5.41, 5.74) is 0.337. The Bertz CT molecular complexity index is 1100. The van der Waals surface area contributed by atoms with Crippen molar-refractivity contribution in [3.63, 3.8) is 0 Å². The Labute approximate surface area is 153 Å². The number of carbonyl (C=O) groups excluding carboxylic acids is 1. The third kappa shape index (κ3) is 2.84. The molecule has 0 bridgehead atoms. The second-order valence-electron chi connectivity index (χ2n) is 5.46. The topological polar surface area (TPSA) is 35.5 Å². The van der Waals surface area contributed by atoms with Crippen molar-refractivity contribution in [3.05, 3.63) is 71.2 Å². The van der Waals surface area contributed by atoms with E-state index in [2.05, 4.69) is 18.2 Å². The lowest BCUT2D eigenvalue weighted by Crippen LogP contribution is -2.03. The standard InChI is InChI=1S/C20H13ClO3S/c1-23-20(22)13-10-9-12(21)11-16(13)24-15-6-4-8-18-19(15)14-5-2-3-7-17(14)25-18/h2-11H,1H3. The number of hydrogen-bond acceptors (Lipinski definition) is 4. The van der Waals surface area contributed by atoms with E-state index in [9.17, 15) is 4.79 Å². The molecular formula is C20H13ClO3S. The van der Waals surface area contributed by atoms with Crippen LogP contribution in [0.15, 0.2) is 60.7 Å². The summed E-state index contributed by atoms with van der Waals surface area (Å²) in [5.74, 6) is 0.596. The van der Waals surface area contributed by atoms with Crippen LogP contribution in [0, 0.1) is 0 Å². The maximum Gasteiger partial charge on any atom is 0.341 e. The number of thiophene rings is 1. The smallest absolute Gasteiger partial charge is 0.341 e. The van der Waals surface area contributed by atoms with Gasteiger partial charge in [-0.05, 0) is 30.3 Å². The summed E-state index contributed by atoms with van der Waals surface area (Å²) in [6, 6.07) is 18.9. The summed E-state index contributed by atoms with van der Waals surface area (Å²) < 4.78 is 13.3. The van der Waals surface area contributed by atoms with Gasteiger partial charge in [0.1, 0.15) is 17.1 Å². The summed E-state index contributed by atoms with van der Waals surface area (Å²) in [5, 5.41) is 2.64. The lowest BCUT2D eigenvalue weighted by atomic mass is 10.1. The van der Waals surface area contributed by atoms with Gasteiger partial charge in [-0.3, -0.25) is 0 Å². The molecule has 1 heterocycles. The fraction of sp³-hybridized carbons (Fsp3) is 0.0500. The fourth-order valence-corrected chi connectivity index (χ4v) is 4.09. The zero-order valence-electron chi connectivity index (χ0n) is 13.3. The molecular weight excluding hydrogens is 356 g/mol. The summed E-state index contributed by atoms with van der Waals surface area (Å²) in [6.07, 6.45) is 0. The van der Waals surface area contributed by atoms with Crippen LogP contribution in [-0.4, -0.2) is 13.1 Å². The van der Waals surface area contributed by atoms with E-state index < -0.39 is 5.97 Å². The van der Waals surface area contributed by atoms with Crippen LogP contribution in [-0.2, 0) is 4.74 Å².